The van der Waals surface area contributed by atoms with Crippen LogP contribution in [0.15, 0.2) is 77.6 Å². The molecule has 0 N–H and O–H groups in total. The van der Waals surface area contributed by atoms with Crippen LogP contribution in [-0.4, -0.2) is 57.1 Å². The lowest BCUT2D eigenvalue weighted by molar-refractivity contribution is -0.130. The number of aryl methyl sites for hydroxylation is 1. The van der Waals surface area contributed by atoms with E-state index in [1.165, 1.54) is 17.7 Å². The van der Waals surface area contributed by atoms with Gasteiger partial charge in [-0.2, -0.15) is 4.98 Å². The summed E-state index contributed by atoms with van der Waals surface area (Å²) >= 11 is 0. The minimum absolute atomic E-state index is 0.0233. The number of hydrogen-bond donors (Lipinski definition) is 0. The molecule has 1 saturated heterocycles. The number of rotatable bonds is 6. The molecule has 1 aliphatic rings. The van der Waals surface area contributed by atoms with E-state index in [0.717, 1.165) is 27.9 Å². The normalized spacial score (nSPS) is 13.7. The number of carbonyl (C=O) groups excluding carboxylic acids is 1. The summed E-state index contributed by atoms with van der Waals surface area (Å²) in [6.45, 7) is 4.35. The van der Waals surface area contributed by atoms with Gasteiger partial charge in [0.25, 0.3) is 5.71 Å². The molecule has 6 rings (SSSR count). The highest BCUT2D eigenvalue weighted by molar-refractivity contribution is 5.98. The molecule has 8 nitrogen and oxygen atoms in total. The Bertz CT molecular complexity index is 1600. The maximum atomic E-state index is 13.2. The Morgan fingerprint density at radius 3 is 2.41 bits per heavy atom. The van der Waals surface area contributed by atoms with Crippen molar-refractivity contribution in [2.24, 2.45) is 0 Å². The first kappa shape index (κ1) is 24.7. The number of nitrogens with zero attached hydrogens (tertiary/aromatic N) is 6. The van der Waals surface area contributed by atoms with E-state index in [-0.39, 0.29) is 18.1 Å². The first-order chi connectivity index (χ1) is 19.0. The lowest BCUT2D eigenvalue weighted by Crippen LogP contribution is -2.49. The molecule has 1 aliphatic heterocycles. The molecular formula is C30H27FN6O2. The average Bonchev–Trinajstić information content (AvgIpc) is 3.40. The van der Waals surface area contributed by atoms with E-state index in [9.17, 15) is 9.18 Å². The van der Waals surface area contributed by atoms with E-state index >= 15 is 0 Å². The number of aromatic nitrogens is 4. The molecule has 0 spiro atoms. The quantitative estimate of drug-likeness (QED) is 0.322. The molecule has 0 atom stereocenters. The van der Waals surface area contributed by atoms with Crippen LogP contribution in [0, 0.1) is 12.7 Å². The SMILES string of the molecule is Cc1ccc(Cc2nc(N3CCN(C(=O)Cc4ccc(F)cc4)CC3)c3c(-c4cccnc4)noc3n2)cc1. The Morgan fingerprint density at radius 2 is 1.69 bits per heavy atom. The van der Waals surface area contributed by atoms with Crippen LogP contribution in [0.4, 0.5) is 10.2 Å². The molecule has 3 aromatic heterocycles. The number of fused-ring (bicyclic) bond motifs is 1. The van der Waals surface area contributed by atoms with Crippen molar-refractivity contribution in [1.29, 1.82) is 0 Å². The minimum Gasteiger partial charge on any atom is -0.352 e. The predicted molar refractivity (Wildman–Crippen MR) is 146 cm³/mol. The van der Waals surface area contributed by atoms with E-state index in [1.807, 2.05) is 17.0 Å². The van der Waals surface area contributed by atoms with Crippen molar-refractivity contribution in [2.75, 3.05) is 31.1 Å². The van der Waals surface area contributed by atoms with Crippen molar-refractivity contribution in [3.63, 3.8) is 0 Å². The topological polar surface area (TPSA) is 88.3 Å². The Hall–Kier alpha value is -4.66. The van der Waals surface area contributed by atoms with Crippen molar-refractivity contribution in [3.8, 4) is 11.3 Å². The van der Waals surface area contributed by atoms with Gasteiger partial charge in [0.05, 0.1) is 6.42 Å². The van der Waals surface area contributed by atoms with Gasteiger partial charge in [0.2, 0.25) is 5.91 Å². The van der Waals surface area contributed by atoms with Crippen molar-refractivity contribution in [1.82, 2.24) is 25.0 Å². The molecule has 4 heterocycles. The second kappa shape index (κ2) is 10.6. The van der Waals surface area contributed by atoms with Crippen molar-refractivity contribution >= 4 is 22.8 Å². The molecule has 196 valence electrons. The fourth-order valence-corrected chi connectivity index (χ4v) is 4.83. The number of amides is 1. The van der Waals surface area contributed by atoms with Gasteiger partial charge in [0, 0.05) is 50.6 Å². The zero-order chi connectivity index (χ0) is 26.8. The first-order valence-electron chi connectivity index (χ1n) is 12.9. The Morgan fingerprint density at radius 1 is 0.949 bits per heavy atom. The number of piperazine rings is 1. The maximum Gasteiger partial charge on any atom is 0.263 e. The van der Waals surface area contributed by atoms with Crippen LogP contribution in [-0.2, 0) is 17.6 Å². The van der Waals surface area contributed by atoms with Gasteiger partial charge in [-0.05, 0) is 42.3 Å². The highest BCUT2D eigenvalue weighted by Gasteiger charge is 2.27. The smallest absolute Gasteiger partial charge is 0.263 e. The molecule has 0 unspecified atom stereocenters. The second-order valence-corrected chi connectivity index (χ2v) is 9.75. The maximum absolute atomic E-state index is 13.2. The molecule has 0 radical (unpaired) electrons. The number of anilines is 1. The van der Waals surface area contributed by atoms with Crippen molar-refractivity contribution in [2.45, 2.75) is 19.8 Å². The minimum atomic E-state index is -0.308. The fraction of sp³-hybridized carbons (Fsp3) is 0.233. The van der Waals surface area contributed by atoms with E-state index in [4.69, 9.17) is 14.5 Å². The third-order valence-electron chi connectivity index (χ3n) is 6.98. The molecule has 2 aromatic carbocycles. The predicted octanol–water partition coefficient (Wildman–Crippen LogP) is 4.61. The monoisotopic (exact) mass is 522 g/mol. The van der Waals surface area contributed by atoms with Gasteiger partial charge in [-0.15, -0.1) is 0 Å². The summed E-state index contributed by atoms with van der Waals surface area (Å²) in [5.74, 6) is 1.10. The molecule has 39 heavy (non-hydrogen) atoms. The van der Waals surface area contributed by atoms with Gasteiger partial charge in [0.15, 0.2) is 0 Å². The number of carbonyl (C=O) groups is 1. The van der Waals surface area contributed by atoms with Gasteiger partial charge in [0.1, 0.15) is 28.5 Å². The Balaban J connectivity index is 1.28. The average molecular weight is 523 g/mol. The van der Waals surface area contributed by atoms with Gasteiger partial charge in [-0.25, -0.2) is 9.37 Å². The van der Waals surface area contributed by atoms with Gasteiger partial charge < -0.3 is 14.3 Å². The van der Waals surface area contributed by atoms with E-state index in [1.54, 1.807) is 24.5 Å². The third-order valence-corrected chi connectivity index (χ3v) is 6.98. The zero-order valence-corrected chi connectivity index (χ0v) is 21.5. The van der Waals surface area contributed by atoms with Crippen LogP contribution in [0.1, 0.15) is 22.5 Å². The molecule has 0 bridgehead atoms. The van der Waals surface area contributed by atoms with Gasteiger partial charge in [-0.3, -0.25) is 9.78 Å². The summed E-state index contributed by atoms with van der Waals surface area (Å²) in [6, 6.07) is 18.2. The molecular weight excluding hydrogens is 495 g/mol. The summed E-state index contributed by atoms with van der Waals surface area (Å²) in [6.07, 6.45) is 4.26. The summed E-state index contributed by atoms with van der Waals surface area (Å²) in [5.41, 5.74) is 4.99. The first-order valence-corrected chi connectivity index (χ1v) is 12.9. The molecule has 0 aliphatic carbocycles. The summed E-state index contributed by atoms with van der Waals surface area (Å²) in [7, 11) is 0. The molecule has 0 saturated carbocycles. The summed E-state index contributed by atoms with van der Waals surface area (Å²) in [4.78, 5) is 30.9. The Labute approximate surface area is 225 Å². The van der Waals surface area contributed by atoms with E-state index < -0.39 is 0 Å². The Kier molecular flexibility index (Phi) is 6.71. The lowest BCUT2D eigenvalue weighted by atomic mass is 10.1. The van der Waals surface area contributed by atoms with Crippen LogP contribution in [0.25, 0.3) is 22.4 Å². The summed E-state index contributed by atoms with van der Waals surface area (Å²) in [5, 5.41) is 5.08. The van der Waals surface area contributed by atoms with Crippen LogP contribution < -0.4 is 4.90 Å². The van der Waals surface area contributed by atoms with Crippen LogP contribution in [0.2, 0.25) is 0 Å². The van der Waals surface area contributed by atoms with Gasteiger partial charge in [-0.1, -0.05) is 47.1 Å². The second-order valence-electron chi connectivity index (χ2n) is 9.75. The molecule has 5 aromatic rings. The number of pyridine rings is 1. The zero-order valence-electron chi connectivity index (χ0n) is 21.5. The lowest BCUT2D eigenvalue weighted by Gasteiger charge is -2.35. The van der Waals surface area contributed by atoms with Crippen LogP contribution >= 0.6 is 0 Å². The van der Waals surface area contributed by atoms with Crippen molar-refractivity contribution < 1.29 is 13.7 Å². The fourth-order valence-electron chi connectivity index (χ4n) is 4.83. The largest absolute Gasteiger partial charge is 0.352 e. The van der Waals surface area contributed by atoms with Crippen molar-refractivity contribution in [3.05, 3.63) is 101 Å². The highest BCUT2D eigenvalue weighted by Crippen LogP contribution is 2.34. The van der Waals surface area contributed by atoms with Gasteiger partial charge >= 0.3 is 0 Å². The number of halogens is 1. The molecule has 9 heteroatoms. The molecule has 1 amide bonds. The third kappa shape index (κ3) is 5.34. The van der Waals surface area contributed by atoms with E-state index in [0.29, 0.717) is 49.8 Å². The van der Waals surface area contributed by atoms with E-state index in [2.05, 4.69) is 46.2 Å². The van der Waals surface area contributed by atoms with Crippen LogP contribution in [0.5, 0.6) is 0 Å². The molecule has 1 fully saturated rings. The standard InChI is InChI=1S/C30H27FN6O2/c1-20-4-6-21(7-5-20)17-25-33-29(27-28(35-39-30(27)34-25)23-3-2-12-32-19-23)37-15-13-36(14-16-37)26(38)18-22-8-10-24(31)11-9-22/h2-12,19H,13-18H2,1H3. The number of benzene rings is 2. The van der Waals surface area contributed by atoms with Crippen LogP contribution in [0.3, 0.4) is 0 Å². The highest BCUT2D eigenvalue weighted by atomic mass is 19.1. The number of hydrogen-bond acceptors (Lipinski definition) is 7. The summed E-state index contributed by atoms with van der Waals surface area (Å²) < 4.78 is 19.0.